The van der Waals surface area contributed by atoms with Crippen molar-refractivity contribution in [1.82, 2.24) is 4.72 Å². The van der Waals surface area contributed by atoms with E-state index < -0.39 is 15.6 Å². The second-order valence-corrected chi connectivity index (χ2v) is 7.12. The predicted octanol–water partition coefficient (Wildman–Crippen LogP) is 1.39. The Kier molecular flexibility index (Phi) is 5.21. The maximum atomic E-state index is 12.1. The van der Waals surface area contributed by atoms with Crippen molar-refractivity contribution in [1.29, 1.82) is 0 Å². The van der Waals surface area contributed by atoms with Gasteiger partial charge in [-0.15, -0.1) is 0 Å². The number of thioether (sulfide) groups is 1. The Hall–Kier alpha value is -0.560. The highest BCUT2D eigenvalue weighted by atomic mass is 32.2. The molecule has 2 N–H and O–H groups in total. The monoisotopic (exact) mass is 289 g/mol. The molecule has 1 atom stereocenters. The van der Waals surface area contributed by atoms with Gasteiger partial charge in [-0.1, -0.05) is 18.2 Å². The summed E-state index contributed by atoms with van der Waals surface area (Å²) < 4.78 is 26.6. The largest absolute Gasteiger partial charge is 0.388 e. The normalized spacial score (nSPS) is 15.3. The van der Waals surface area contributed by atoms with Crippen LogP contribution in [0, 0.1) is 6.92 Å². The summed E-state index contributed by atoms with van der Waals surface area (Å²) in [5, 5.41) is 9.95. The lowest BCUT2D eigenvalue weighted by Crippen LogP contribution is -2.42. The van der Waals surface area contributed by atoms with E-state index in [0.29, 0.717) is 11.3 Å². The molecule has 0 aliphatic heterocycles. The van der Waals surface area contributed by atoms with E-state index >= 15 is 0 Å². The summed E-state index contributed by atoms with van der Waals surface area (Å²) >= 11 is 1.47. The fourth-order valence-corrected chi connectivity index (χ4v) is 3.68. The van der Waals surface area contributed by atoms with Crippen LogP contribution in [0.4, 0.5) is 0 Å². The van der Waals surface area contributed by atoms with E-state index in [4.69, 9.17) is 0 Å². The lowest BCUT2D eigenvalue weighted by Gasteiger charge is -2.22. The molecule has 0 fully saturated rings. The van der Waals surface area contributed by atoms with Gasteiger partial charge in [0, 0.05) is 12.3 Å². The molecule has 0 saturated heterocycles. The Morgan fingerprint density at radius 1 is 1.39 bits per heavy atom. The summed E-state index contributed by atoms with van der Waals surface area (Å²) in [5.74, 6) is 0.475. The Morgan fingerprint density at radius 2 is 2.00 bits per heavy atom. The maximum absolute atomic E-state index is 12.1. The Balaban J connectivity index is 2.81. The molecule has 0 spiro atoms. The zero-order chi connectivity index (χ0) is 13.8. The Labute approximate surface area is 113 Å². The summed E-state index contributed by atoms with van der Waals surface area (Å²) in [5.41, 5.74) is -0.357. The molecule has 0 aliphatic rings. The third-order valence-electron chi connectivity index (χ3n) is 2.48. The first kappa shape index (κ1) is 15.5. The van der Waals surface area contributed by atoms with Gasteiger partial charge in [-0.25, -0.2) is 13.1 Å². The van der Waals surface area contributed by atoms with Crippen LogP contribution in [-0.2, 0) is 10.0 Å². The highest BCUT2D eigenvalue weighted by molar-refractivity contribution is 7.98. The average Bonchev–Trinajstić information content (AvgIpc) is 2.27. The lowest BCUT2D eigenvalue weighted by atomic mass is 10.1. The number of sulfonamides is 1. The van der Waals surface area contributed by atoms with E-state index in [0.717, 1.165) is 0 Å². The third-order valence-corrected chi connectivity index (χ3v) is 4.95. The molecule has 1 aromatic carbocycles. The van der Waals surface area contributed by atoms with Gasteiger partial charge in [-0.2, -0.15) is 11.8 Å². The number of nitrogens with one attached hydrogen (secondary N) is 1. The van der Waals surface area contributed by atoms with Crippen molar-refractivity contribution >= 4 is 21.8 Å². The minimum Gasteiger partial charge on any atom is -0.388 e. The number of aryl methyl sites for hydroxylation is 1. The van der Waals surface area contributed by atoms with Crippen molar-refractivity contribution in [2.75, 3.05) is 18.6 Å². The third kappa shape index (κ3) is 4.28. The van der Waals surface area contributed by atoms with Gasteiger partial charge in [0.25, 0.3) is 0 Å². The van der Waals surface area contributed by atoms with Gasteiger partial charge in [0.15, 0.2) is 0 Å². The minimum atomic E-state index is -3.56. The smallest absolute Gasteiger partial charge is 0.240 e. The van der Waals surface area contributed by atoms with Crippen molar-refractivity contribution in [3.63, 3.8) is 0 Å². The average molecular weight is 289 g/mol. The molecule has 0 saturated carbocycles. The van der Waals surface area contributed by atoms with E-state index in [1.165, 1.54) is 11.8 Å². The van der Waals surface area contributed by atoms with Gasteiger partial charge in [0.2, 0.25) is 10.0 Å². The molecule has 0 bridgehead atoms. The summed E-state index contributed by atoms with van der Waals surface area (Å²) in [4.78, 5) is 0.255. The first-order valence-corrected chi connectivity index (χ1v) is 8.43. The van der Waals surface area contributed by atoms with Gasteiger partial charge < -0.3 is 5.11 Å². The number of rotatable bonds is 6. The minimum absolute atomic E-state index is 0.00447. The standard InChI is InChI=1S/C12H19NO3S2/c1-10-6-4-5-7-11(10)18(15,16)13-8-12(2,14)9-17-3/h4-7,13-14H,8-9H2,1-3H3. The second kappa shape index (κ2) is 6.06. The number of aliphatic hydroxyl groups is 1. The summed E-state index contributed by atoms with van der Waals surface area (Å²) in [6.45, 7) is 3.36. The van der Waals surface area contributed by atoms with Crippen molar-refractivity contribution in [2.45, 2.75) is 24.3 Å². The fourth-order valence-electron chi connectivity index (χ4n) is 1.55. The van der Waals surface area contributed by atoms with Crippen LogP contribution in [0.5, 0.6) is 0 Å². The molecular weight excluding hydrogens is 270 g/mol. The van der Waals surface area contributed by atoms with Crippen LogP contribution in [0.15, 0.2) is 29.2 Å². The first-order valence-electron chi connectivity index (χ1n) is 5.55. The topological polar surface area (TPSA) is 66.4 Å². The van der Waals surface area contributed by atoms with Crippen LogP contribution >= 0.6 is 11.8 Å². The number of benzene rings is 1. The van der Waals surface area contributed by atoms with Crippen LogP contribution in [-0.4, -0.2) is 37.7 Å². The molecule has 6 heteroatoms. The highest BCUT2D eigenvalue weighted by Gasteiger charge is 2.24. The zero-order valence-electron chi connectivity index (χ0n) is 10.8. The Morgan fingerprint density at radius 3 is 2.56 bits per heavy atom. The zero-order valence-corrected chi connectivity index (χ0v) is 12.4. The molecule has 1 unspecified atom stereocenters. The van der Waals surface area contributed by atoms with E-state index in [2.05, 4.69) is 4.72 Å². The van der Waals surface area contributed by atoms with Crippen molar-refractivity contribution in [2.24, 2.45) is 0 Å². The molecule has 1 rings (SSSR count). The van der Waals surface area contributed by atoms with Gasteiger partial charge in [-0.05, 0) is 31.7 Å². The first-order chi connectivity index (χ1) is 8.28. The van der Waals surface area contributed by atoms with E-state index in [-0.39, 0.29) is 11.4 Å². The van der Waals surface area contributed by atoms with Crippen LogP contribution in [0.1, 0.15) is 12.5 Å². The fraction of sp³-hybridized carbons (Fsp3) is 0.500. The van der Waals surface area contributed by atoms with Crippen molar-refractivity contribution in [3.05, 3.63) is 29.8 Å². The number of hydrogen-bond acceptors (Lipinski definition) is 4. The van der Waals surface area contributed by atoms with Crippen molar-refractivity contribution in [3.8, 4) is 0 Å². The summed E-state index contributed by atoms with van der Waals surface area (Å²) in [6.07, 6.45) is 1.87. The molecule has 0 aliphatic carbocycles. The second-order valence-electron chi connectivity index (χ2n) is 4.52. The SMILES string of the molecule is CSCC(C)(O)CNS(=O)(=O)c1ccccc1C. The van der Waals surface area contributed by atoms with Crippen LogP contribution in [0.2, 0.25) is 0 Å². The van der Waals surface area contributed by atoms with Crippen LogP contribution < -0.4 is 4.72 Å². The van der Waals surface area contributed by atoms with Gasteiger partial charge >= 0.3 is 0 Å². The maximum Gasteiger partial charge on any atom is 0.240 e. The molecular formula is C12H19NO3S2. The van der Waals surface area contributed by atoms with E-state index in [1.54, 1.807) is 38.1 Å². The molecule has 18 heavy (non-hydrogen) atoms. The van der Waals surface area contributed by atoms with Crippen LogP contribution in [0.25, 0.3) is 0 Å². The summed E-state index contributed by atoms with van der Waals surface area (Å²) in [7, 11) is -3.56. The van der Waals surface area contributed by atoms with E-state index in [1.807, 2.05) is 6.26 Å². The summed E-state index contributed by atoms with van der Waals surface area (Å²) in [6, 6.07) is 6.77. The Bertz CT molecular complexity index is 498. The number of hydrogen-bond donors (Lipinski definition) is 2. The molecule has 0 aromatic heterocycles. The molecule has 0 heterocycles. The molecule has 0 radical (unpaired) electrons. The molecule has 102 valence electrons. The molecule has 1 aromatic rings. The quantitative estimate of drug-likeness (QED) is 0.830. The van der Waals surface area contributed by atoms with Crippen LogP contribution in [0.3, 0.4) is 0 Å². The molecule has 4 nitrogen and oxygen atoms in total. The lowest BCUT2D eigenvalue weighted by molar-refractivity contribution is 0.0908. The van der Waals surface area contributed by atoms with Gasteiger partial charge in [-0.3, -0.25) is 0 Å². The van der Waals surface area contributed by atoms with Gasteiger partial charge in [0.05, 0.1) is 10.5 Å². The highest BCUT2D eigenvalue weighted by Crippen LogP contribution is 2.15. The van der Waals surface area contributed by atoms with E-state index in [9.17, 15) is 13.5 Å². The van der Waals surface area contributed by atoms with Crippen molar-refractivity contribution < 1.29 is 13.5 Å². The predicted molar refractivity (Wildman–Crippen MR) is 75.4 cm³/mol. The van der Waals surface area contributed by atoms with Gasteiger partial charge in [0.1, 0.15) is 0 Å². The molecule has 0 amide bonds.